The van der Waals surface area contributed by atoms with Crippen LogP contribution in [0.3, 0.4) is 0 Å². The molecule has 0 bridgehead atoms. The number of aliphatic carboxylic acids is 1. The monoisotopic (exact) mass is 134 g/mol. The van der Waals surface area contributed by atoms with Gasteiger partial charge in [-0.3, -0.25) is 0 Å². The first-order chi connectivity index (χ1) is 2.64. The van der Waals surface area contributed by atoms with E-state index in [4.69, 9.17) is 9.90 Å². The number of hydrogen-bond acceptors (Lipinski definition) is 2. The predicted molar refractivity (Wildman–Crippen MR) is 15.8 cm³/mol. The van der Waals surface area contributed by atoms with E-state index in [1.807, 2.05) is 0 Å². The van der Waals surface area contributed by atoms with E-state index in [9.17, 15) is 4.39 Å². The van der Waals surface area contributed by atoms with Crippen molar-refractivity contribution in [2.75, 3.05) is 0 Å². The Morgan fingerprint density at radius 3 is 2.00 bits per heavy atom. The van der Waals surface area contributed by atoms with Gasteiger partial charge >= 0.3 is 29.6 Å². The van der Waals surface area contributed by atoms with E-state index in [2.05, 4.69) is 11.6 Å². The fourth-order valence-electron chi connectivity index (χ4n) is 0. The number of carbonyl (C=O) groups is 1. The summed E-state index contributed by atoms with van der Waals surface area (Å²) in [5.74, 6) is -1.89. The molecule has 0 aliphatic heterocycles. The summed E-state index contributed by atoms with van der Waals surface area (Å²) in [6.45, 7) is 0. The van der Waals surface area contributed by atoms with E-state index in [-0.39, 0.29) is 29.6 Å². The van der Waals surface area contributed by atoms with Crippen LogP contribution in [0.4, 0.5) is 4.39 Å². The summed E-state index contributed by atoms with van der Waals surface area (Å²) in [5.41, 5.74) is -2.37. The molecule has 0 aromatic heterocycles. The van der Waals surface area contributed by atoms with Crippen molar-refractivity contribution in [1.82, 2.24) is 0 Å². The maximum absolute atomic E-state index is 10.9. The molecule has 0 aliphatic rings. The van der Waals surface area contributed by atoms with Gasteiger partial charge in [0.25, 0.3) is 0 Å². The third-order valence-corrected chi connectivity index (χ3v) is 0.356. The van der Waals surface area contributed by atoms with Gasteiger partial charge in [0.2, 0.25) is 5.63 Å². The molecule has 0 saturated carbocycles. The van der Waals surface area contributed by atoms with Gasteiger partial charge in [0.1, 0.15) is 0 Å². The smallest absolute Gasteiger partial charge is 0.546 e. The van der Waals surface area contributed by atoms with Crippen LogP contribution in [0, 0.1) is 0 Å². The SMILES string of the molecule is O=C([O-])C(F)Cl.[Na+]. The number of carbonyl (C=O) groups excluding carboxylic acids is 1. The van der Waals surface area contributed by atoms with Gasteiger partial charge in [-0.25, -0.2) is 4.39 Å². The first-order valence-corrected chi connectivity index (χ1v) is 1.57. The van der Waals surface area contributed by atoms with Crippen molar-refractivity contribution >= 4 is 17.6 Å². The second kappa shape index (κ2) is 4.84. The largest absolute Gasteiger partial charge is 1.00 e. The second-order valence-electron chi connectivity index (χ2n) is 0.620. The van der Waals surface area contributed by atoms with Crippen molar-refractivity contribution in [3.8, 4) is 0 Å². The van der Waals surface area contributed by atoms with Crippen molar-refractivity contribution in [2.45, 2.75) is 5.63 Å². The number of halogens is 2. The molecule has 7 heavy (non-hydrogen) atoms. The van der Waals surface area contributed by atoms with Crippen molar-refractivity contribution in [3.63, 3.8) is 0 Å². The van der Waals surface area contributed by atoms with Crippen molar-refractivity contribution in [2.24, 2.45) is 0 Å². The van der Waals surface area contributed by atoms with E-state index in [0.29, 0.717) is 0 Å². The van der Waals surface area contributed by atoms with Crippen LogP contribution in [0.15, 0.2) is 0 Å². The van der Waals surface area contributed by atoms with E-state index in [1.165, 1.54) is 0 Å². The molecule has 0 aromatic carbocycles. The maximum atomic E-state index is 10.9. The summed E-state index contributed by atoms with van der Waals surface area (Å²) in [6.07, 6.45) is 0. The van der Waals surface area contributed by atoms with Crippen LogP contribution in [-0.2, 0) is 4.79 Å². The summed E-state index contributed by atoms with van der Waals surface area (Å²) >= 11 is 4.28. The van der Waals surface area contributed by atoms with E-state index in [1.54, 1.807) is 0 Å². The zero-order valence-electron chi connectivity index (χ0n) is 3.65. The van der Waals surface area contributed by atoms with Crippen LogP contribution in [0.5, 0.6) is 0 Å². The Hall–Kier alpha value is 0.690. The normalized spacial score (nSPS) is 11.7. The number of rotatable bonds is 1. The summed E-state index contributed by atoms with van der Waals surface area (Å²) < 4.78 is 10.9. The van der Waals surface area contributed by atoms with Gasteiger partial charge in [-0.2, -0.15) is 0 Å². The standard InChI is InChI=1S/C2H2ClFO2.Na/c3-1(4)2(5)6;/h1H,(H,5,6);/q;+1/p-1. The topological polar surface area (TPSA) is 40.1 Å². The average Bonchev–Trinajstić information content (AvgIpc) is 1.36. The molecule has 0 saturated heterocycles. The van der Waals surface area contributed by atoms with Crippen LogP contribution in [-0.4, -0.2) is 11.6 Å². The first kappa shape index (κ1) is 10.6. The molecule has 0 aliphatic carbocycles. The van der Waals surface area contributed by atoms with Crippen LogP contribution in [0.1, 0.15) is 0 Å². The molecular formula is C2HClFNaO2. The molecule has 0 rings (SSSR count). The number of alkyl halides is 2. The Morgan fingerprint density at radius 2 is 2.00 bits per heavy atom. The number of hydrogen-bond donors (Lipinski definition) is 0. The fraction of sp³-hybridized carbons (Fsp3) is 0.500. The third kappa shape index (κ3) is 6.69. The predicted octanol–water partition coefficient (Wildman–Crippen LogP) is -3.73. The molecule has 0 N–H and O–H groups in total. The molecule has 5 heteroatoms. The summed E-state index contributed by atoms with van der Waals surface area (Å²) in [7, 11) is 0. The molecule has 36 valence electrons. The molecule has 0 amide bonds. The Balaban J connectivity index is 0. The molecule has 0 aromatic rings. The Kier molecular flexibility index (Phi) is 7.35. The Labute approximate surface area is 66.9 Å². The fourth-order valence-corrected chi connectivity index (χ4v) is 0. The summed E-state index contributed by atoms with van der Waals surface area (Å²) in [5, 5.41) is 9.08. The quantitative estimate of drug-likeness (QED) is 0.273. The molecule has 0 radical (unpaired) electrons. The average molecular weight is 134 g/mol. The van der Waals surface area contributed by atoms with Crippen LogP contribution in [0.2, 0.25) is 0 Å². The zero-order chi connectivity index (χ0) is 5.15. The number of carboxylic acids is 1. The molecule has 1 unspecified atom stereocenters. The van der Waals surface area contributed by atoms with Crippen LogP contribution >= 0.6 is 11.6 Å². The van der Waals surface area contributed by atoms with Gasteiger partial charge < -0.3 is 9.90 Å². The molecule has 0 fully saturated rings. The van der Waals surface area contributed by atoms with E-state index in [0.717, 1.165) is 0 Å². The van der Waals surface area contributed by atoms with E-state index >= 15 is 0 Å². The molecule has 0 spiro atoms. The zero-order valence-corrected chi connectivity index (χ0v) is 6.41. The summed E-state index contributed by atoms with van der Waals surface area (Å²) in [4.78, 5) is 9.08. The Morgan fingerprint density at radius 1 is 1.86 bits per heavy atom. The van der Waals surface area contributed by atoms with Gasteiger partial charge in [-0.15, -0.1) is 0 Å². The third-order valence-electron chi connectivity index (χ3n) is 0.178. The molecule has 0 heterocycles. The molecule has 2 nitrogen and oxygen atoms in total. The van der Waals surface area contributed by atoms with Gasteiger partial charge in [-0.05, 0) is 0 Å². The van der Waals surface area contributed by atoms with Gasteiger partial charge in [0.05, 0.1) is 5.97 Å². The van der Waals surface area contributed by atoms with Crippen LogP contribution < -0.4 is 34.7 Å². The maximum Gasteiger partial charge on any atom is 1.00 e. The first-order valence-electron chi connectivity index (χ1n) is 1.13. The van der Waals surface area contributed by atoms with Gasteiger partial charge in [-0.1, -0.05) is 11.6 Å². The minimum Gasteiger partial charge on any atom is -0.546 e. The van der Waals surface area contributed by atoms with Crippen molar-refractivity contribution < 1.29 is 43.8 Å². The second-order valence-corrected chi connectivity index (χ2v) is 1.00. The molecular weight excluding hydrogens is 133 g/mol. The molecule has 1 atom stereocenters. The summed E-state index contributed by atoms with van der Waals surface area (Å²) in [6, 6.07) is 0. The number of carboxylic acid groups (broad SMARTS) is 1. The minimum absolute atomic E-state index is 0. The van der Waals surface area contributed by atoms with Crippen molar-refractivity contribution in [3.05, 3.63) is 0 Å². The Bertz CT molecular complexity index is 66.7. The van der Waals surface area contributed by atoms with Gasteiger partial charge in [0, 0.05) is 0 Å². The minimum atomic E-state index is -2.37. The van der Waals surface area contributed by atoms with Crippen LogP contribution in [0.25, 0.3) is 0 Å². The van der Waals surface area contributed by atoms with Gasteiger partial charge in [0.15, 0.2) is 0 Å². The van der Waals surface area contributed by atoms with Crippen molar-refractivity contribution in [1.29, 1.82) is 0 Å². The van der Waals surface area contributed by atoms with E-state index < -0.39 is 11.6 Å².